The molecule has 0 radical (unpaired) electrons. The average Bonchev–Trinajstić information content (AvgIpc) is 2.77. The molecule has 35 heavy (non-hydrogen) atoms. The number of ether oxygens (including phenoxy) is 3. The van der Waals surface area contributed by atoms with Gasteiger partial charge in [0, 0.05) is 6.07 Å². The summed E-state index contributed by atoms with van der Waals surface area (Å²) in [4.78, 5) is 28.2. The number of rotatable bonds is 7. The number of hydrogen-bond acceptors (Lipinski definition) is 6. The maximum atomic E-state index is 15.1. The van der Waals surface area contributed by atoms with E-state index >= 15 is 4.39 Å². The van der Waals surface area contributed by atoms with Crippen LogP contribution in [0.1, 0.15) is 36.1 Å². The third-order valence-electron chi connectivity index (χ3n) is 4.61. The molecule has 0 saturated carbocycles. The van der Waals surface area contributed by atoms with E-state index in [4.69, 9.17) is 19.3 Å². The van der Waals surface area contributed by atoms with E-state index in [1.54, 1.807) is 0 Å². The lowest BCUT2D eigenvalue weighted by molar-refractivity contribution is -0.274. The van der Waals surface area contributed by atoms with E-state index in [-0.39, 0.29) is 16.9 Å². The highest BCUT2D eigenvalue weighted by molar-refractivity contribution is 6.07. The SMILES string of the molecule is [2H]C([2H])([2H])Oc1cc(OC(F)(F)F)ccc1Oc1ccc(C)c(F)c1C(=O)Nc1cnc(C(N)=O)cc1C. The average molecular weight is 496 g/mol. The summed E-state index contributed by atoms with van der Waals surface area (Å²) in [7, 11) is -3.10. The number of nitrogens with two attached hydrogens (primary N) is 1. The Morgan fingerprint density at radius 2 is 1.77 bits per heavy atom. The lowest BCUT2D eigenvalue weighted by Crippen LogP contribution is -2.18. The number of carbonyl (C=O) groups is 2. The maximum absolute atomic E-state index is 15.1. The number of methoxy groups -OCH3 is 1. The minimum absolute atomic E-state index is 0.0503. The van der Waals surface area contributed by atoms with Crippen molar-refractivity contribution in [3.8, 4) is 23.0 Å². The zero-order valence-electron chi connectivity index (χ0n) is 21.1. The predicted molar refractivity (Wildman–Crippen MR) is 116 cm³/mol. The minimum atomic E-state index is -5.08. The van der Waals surface area contributed by atoms with Crippen molar-refractivity contribution in [3.63, 3.8) is 0 Å². The van der Waals surface area contributed by atoms with Crippen molar-refractivity contribution in [2.75, 3.05) is 12.4 Å². The molecule has 0 bridgehead atoms. The summed E-state index contributed by atoms with van der Waals surface area (Å²) < 4.78 is 89.0. The standard InChI is InChI=1S/C23H19F4N3O5/c1-11-4-6-17(34-16-7-5-13(9-18(16)33-3)35-23(25,26)27)19(20(11)24)22(32)30-15-10-29-14(21(28)31)8-12(15)2/h4-10H,1-3H3,(H2,28,31)(H,30,32)/i3D3. The monoisotopic (exact) mass is 496 g/mol. The van der Waals surface area contributed by atoms with E-state index in [9.17, 15) is 22.8 Å². The first-order valence-electron chi connectivity index (χ1n) is 11.2. The molecule has 12 heteroatoms. The predicted octanol–water partition coefficient (Wildman–Crippen LogP) is 4.89. The van der Waals surface area contributed by atoms with Crippen LogP contribution in [-0.2, 0) is 0 Å². The Morgan fingerprint density at radius 3 is 2.40 bits per heavy atom. The molecule has 1 heterocycles. The summed E-state index contributed by atoms with van der Waals surface area (Å²) in [6.07, 6.45) is -3.93. The second-order valence-corrected chi connectivity index (χ2v) is 7.13. The zero-order chi connectivity index (χ0) is 28.4. The number of aromatic nitrogens is 1. The fourth-order valence-electron chi connectivity index (χ4n) is 2.93. The van der Waals surface area contributed by atoms with Crippen LogP contribution < -0.4 is 25.3 Å². The minimum Gasteiger partial charge on any atom is -0.493 e. The van der Waals surface area contributed by atoms with Gasteiger partial charge < -0.3 is 25.3 Å². The molecule has 0 fully saturated rings. The molecule has 0 aliphatic carbocycles. The third kappa shape index (κ3) is 5.96. The maximum Gasteiger partial charge on any atom is 0.573 e. The molecule has 3 N–H and O–H groups in total. The van der Waals surface area contributed by atoms with Gasteiger partial charge in [-0.15, -0.1) is 13.2 Å². The van der Waals surface area contributed by atoms with Crippen LogP contribution in [0.15, 0.2) is 42.6 Å². The summed E-state index contributed by atoms with van der Waals surface area (Å²) in [6, 6.07) is 6.11. The van der Waals surface area contributed by atoms with Gasteiger partial charge in [0.1, 0.15) is 28.6 Å². The second-order valence-electron chi connectivity index (χ2n) is 7.13. The molecule has 0 spiro atoms. The zero-order valence-corrected chi connectivity index (χ0v) is 18.1. The number of carbonyl (C=O) groups excluding carboxylic acids is 2. The topological polar surface area (TPSA) is 113 Å². The van der Waals surface area contributed by atoms with Crippen LogP contribution in [0.3, 0.4) is 0 Å². The highest BCUT2D eigenvalue weighted by Gasteiger charge is 2.31. The van der Waals surface area contributed by atoms with Crippen molar-refractivity contribution in [1.82, 2.24) is 4.98 Å². The fraction of sp³-hybridized carbons (Fsp3) is 0.174. The van der Waals surface area contributed by atoms with E-state index in [0.717, 1.165) is 18.3 Å². The van der Waals surface area contributed by atoms with Gasteiger partial charge in [-0.3, -0.25) is 9.59 Å². The Kier molecular flexibility index (Phi) is 5.98. The summed E-state index contributed by atoms with van der Waals surface area (Å²) in [5.74, 6) is -5.15. The number of aryl methyl sites for hydroxylation is 2. The first kappa shape index (κ1) is 21.2. The molecule has 0 aliphatic rings. The van der Waals surface area contributed by atoms with Crippen molar-refractivity contribution in [1.29, 1.82) is 0 Å². The van der Waals surface area contributed by atoms with Gasteiger partial charge in [0.05, 0.1) is 23.0 Å². The molecule has 0 unspecified atom stereocenters. The fourth-order valence-corrected chi connectivity index (χ4v) is 2.93. The van der Waals surface area contributed by atoms with Gasteiger partial charge in [-0.2, -0.15) is 0 Å². The highest BCUT2D eigenvalue weighted by atomic mass is 19.4. The van der Waals surface area contributed by atoms with E-state index in [1.807, 2.05) is 0 Å². The van der Waals surface area contributed by atoms with Gasteiger partial charge in [-0.25, -0.2) is 9.37 Å². The molecule has 3 rings (SSSR count). The van der Waals surface area contributed by atoms with Crippen molar-refractivity contribution in [3.05, 3.63) is 70.8 Å². The van der Waals surface area contributed by atoms with Crippen molar-refractivity contribution in [2.45, 2.75) is 20.2 Å². The highest BCUT2D eigenvalue weighted by Crippen LogP contribution is 2.38. The summed E-state index contributed by atoms with van der Waals surface area (Å²) in [5, 5.41) is 2.43. The van der Waals surface area contributed by atoms with Gasteiger partial charge >= 0.3 is 6.36 Å². The number of halogens is 4. The van der Waals surface area contributed by atoms with Gasteiger partial charge in [-0.05, 0) is 49.2 Å². The Balaban J connectivity index is 2.01. The summed E-state index contributed by atoms with van der Waals surface area (Å²) in [6.45, 7) is 2.91. The van der Waals surface area contributed by atoms with E-state index in [2.05, 4.69) is 15.0 Å². The van der Waals surface area contributed by atoms with Crippen LogP contribution in [0.4, 0.5) is 23.2 Å². The number of amides is 2. The first-order chi connectivity index (χ1) is 17.5. The number of pyridine rings is 1. The number of nitrogens with one attached hydrogen (secondary N) is 1. The Hall–Kier alpha value is -4.35. The number of nitrogens with zero attached hydrogens (tertiary/aromatic N) is 1. The van der Waals surface area contributed by atoms with Crippen LogP contribution in [0.25, 0.3) is 0 Å². The molecular formula is C23H19F4N3O5. The van der Waals surface area contributed by atoms with Gasteiger partial charge in [0.2, 0.25) is 0 Å². The van der Waals surface area contributed by atoms with Crippen molar-refractivity contribution in [2.24, 2.45) is 5.73 Å². The smallest absolute Gasteiger partial charge is 0.493 e. The number of anilines is 1. The number of primary amides is 1. The molecule has 0 atom stereocenters. The van der Waals surface area contributed by atoms with Crippen LogP contribution >= 0.6 is 0 Å². The number of benzene rings is 2. The van der Waals surface area contributed by atoms with Crippen LogP contribution in [0.5, 0.6) is 23.0 Å². The molecule has 184 valence electrons. The third-order valence-corrected chi connectivity index (χ3v) is 4.61. The van der Waals surface area contributed by atoms with Gasteiger partial charge in [-0.1, -0.05) is 6.07 Å². The van der Waals surface area contributed by atoms with Gasteiger partial charge in [0.15, 0.2) is 11.5 Å². The molecule has 3 aromatic rings. The van der Waals surface area contributed by atoms with Crippen LogP contribution in [0, 0.1) is 19.7 Å². The largest absolute Gasteiger partial charge is 0.573 e. The molecule has 0 aliphatic heterocycles. The Morgan fingerprint density at radius 1 is 1.06 bits per heavy atom. The quantitative estimate of drug-likeness (QED) is 0.451. The van der Waals surface area contributed by atoms with Crippen molar-refractivity contribution < 1.29 is 45.5 Å². The Bertz CT molecular complexity index is 1400. The summed E-state index contributed by atoms with van der Waals surface area (Å²) >= 11 is 0. The Labute approximate surface area is 200 Å². The van der Waals surface area contributed by atoms with E-state index in [0.29, 0.717) is 11.6 Å². The molecule has 8 nitrogen and oxygen atoms in total. The summed E-state index contributed by atoms with van der Waals surface area (Å²) in [5.41, 5.74) is 5.05. The normalized spacial score (nSPS) is 12.7. The van der Waals surface area contributed by atoms with Gasteiger partial charge in [0.25, 0.3) is 11.8 Å². The molecule has 0 saturated heterocycles. The number of alkyl halides is 3. The van der Waals surface area contributed by atoms with E-state index < -0.39 is 59.6 Å². The number of hydrogen-bond donors (Lipinski definition) is 2. The second kappa shape index (κ2) is 9.87. The molecule has 2 amide bonds. The molecular weight excluding hydrogens is 474 g/mol. The lowest BCUT2D eigenvalue weighted by atomic mass is 10.1. The molecule has 1 aromatic heterocycles. The van der Waals surface area contributed by atoms with Crippen LogP contribution in [-0.4, -0.2) is 30.2 Å². The van der Waals surface area contributed by atoms with Crippen LogP contribution in [0.2, 0.25) is 0 Å². The molecule has 2 aromatic carbocycles. The van der Waals surface area contributed by atoms with E-state index in [1.165, 1.54) is 32.0 Å². The lowest BCUT2D eigenvalue weighted by Gasteiger charge is -2.17. The first-order valence-corrected chi connectivity index (χ1v) is 9.67. The van der Waals surface area contributed by atoms with Crippen molar-refractivity contribution >= 4 is 17.5 Å².